The number of amides is 2. The van der Waals surface area contributed by atoms with Crippen LogP contribution in [0.15, 0.2) is 47.4 Å². The molecule has 0 radical (unpaired) electrons. The number of benzene rings is 2. The summed E-state index contributed by atoms with van der Waals surface area (Å²) in [6.45, 7) is 1.10. The average Bonchev–Trinajstić information content (AvgIpc) is 2.61. The first-order valence-electron chi connectivity index (χ1n) is 8.16. The van der Waals surface area contributed by atoms with Crippen molar-refractivity contribution < 1.29 is 22.7 Å². The molecule has 0 bridgehead atoms. The molecular formula is C18H19N3O5S. The number of ether oxygens (including phenoxy) is 1. The van der Waals surface area contributed by atoms with Crippen LogP contribution in [-0.4, -0.2) is 44.7 Å². The highest BCUT2D eigenvalue weighted by Crippen LogP contribution is 2.33. The molecule has 0 spiro atoms. The Hall–Kier alpha value is -2.91. The van der Waals surface area contributed by atoms with Crippen LogP contribution < -0.4 is 15.4 Å². The van der Waals surface area contributed by atoms with Crippen molar-refractivity contribution in [2.75, 3.05) is 30.8 Å². The second-order valence-corrected chi connectivity index (χ2v) is 8.14. The zero-order valence-corrected chi connectivity index (χ0v) is 15.7. The van der Waals surface area contributed by atoms with Gasteiger partial charge in [-0.05, 0) is 30.7 Å². The van der Waals surface area contributed by atoms with Gasteiger partial charge < -0.3 is 15.4 Å². The van der Waals surface area contributed by atoms with Crippen LogP contribution in [0.25, 0.3) is 0 Å². The fraction of sp³-hybridized carbons (Fsp3) is 0.222. The van der Waals surface area contributed by atoms with E-state index in [1.807, 2.05) is 6.07 Å². The maximum atomic E-state index is 12.9. The SMILES string of the molecule is Cc1cc2c(cc1S(=O)(=O)N(C)CC(=O)Nc1ccccc1)OCC(=O)N2. The largest absolute Gasteiger partial charge is 0.482 e. The zero-order valence-electron chi connectivity index (χ0n) is 14.9. The lowest BCUT2D eigenvalue weighted by Crippen LogP contribution is -2.35. The lowest BCUT2D eigenvalue weighted by atomic mass is 10.2. The minimum absolute atomic E-state index is 0.0208. The molecule has 2 N–H and O–H groups in total. The molecule has 0 atom stereocenters. The van der Waals surface area contributed by atoms with Crippen LogP contribution in [0.2, 0.25) is 0 Å². The quantitative estimate of drug-likeness (QED) is 0.808. The maximum Gasteiger partial charge on any atom is 0.262 e. The summed E-state index contributed by atoms with van der Waals surface area (Å²) in [7, 11) is -2.59. The standard InChI is InChI=1S/C18H19N3O5S/c1-12-8-14-15(26-11-18(23)20-14)9-16(12)27(24,25)21(2)10-17(22)19-13-6-4-3-5-7-13/h3-9H,10-11H2,1-2H3,(H,19,22)(H,20,23). The minimum atomic E-state index is -3.92. The number of nitrogens with zero attached hydrogens (tertiary/aromatic N) is 1. The van der Waals surface area contributed by atoms with E-state index in [4.69, 9.17) is 4.74 Å². The van der Waals surface area contributed by atoms with Gasteiger partial charge in [-0.3, -0.25) is 9.59 Å². The van der Waals surface area contributed by atoms with Crippen molar-refractivity contribution in [2.45, 2.75) is 11.8 Å². The molecule has 8 nitrogen and oxygen atoms in total. The summed E-state index contributed by atoms with van der Waals surface area (Å²) in [5.74, 6) is -0.473. The van der Waals surface area contributed by atoms with Gasteiger partial charge in [0.2, 0.25) is 15.9 Å². The summed E-state index contributed by atoms with van der Waals surface area (Å²) < 4.78 is 32.1. The third-order valence-electron chi connectivity index (χ3n) is 4.02. The second kappa shape index (κ2) is 7.37. The smallest absolute Gasteiger partial charge is 0.262 e. The van der Waals surface area contributed by atoms with Crippen LogP contribution in [0.5, 0.6) is 5.75 Å². The van der Waals surface area contributed by atoms with E-state index in [0.717, 1.165) is 4.31 Å². The fourth-order valence-electron chi connectivity index (χ4n) is 2.67. The van der Waals surface area contributed by atoms with Gasteiger partial charge in [-0.1, -0.05) is 18.2 Å². The number of sulfonamides is 1. The van der Waals surface area contributed by atoms with Gasteiger partial charge in [-0.15, -0.1) is 0 Å². The third-order valence-corrected chi connectivity index (χ3v) is 5.97. The molecule has 0 saturated heterocycles. The molecule has 0 saturated carbocycles. The van der Waals surface area contributed by atoms with E-state index in [0.29, 0.717) is 16.9 Å². The maximum absolute atomic E-state index is 12.9. The monoisotopic (exact) mass is 389 g/mol. The number of hydrogen-bond donors (Lipinski definition) is 2. The number of aryl methyl sites for hydroxylation is 1. The van der Waals surface area contributed by atoms with Gasteiger partial charge in [0, 0.05) is 18.8 Å². The van der Waals surface area contributed by atoms with E-state index in [-0.39, 0.29) is 29.7 Å². The Bertz CT molecular complexity index is 990. The van der Waals surface area contributed by atoms with E-state index in [1.165, 1.54) is 19.2 Å². The van der Waals surface area contributed by atoms with Gasteiger partial charge in [0.1, 0.15) is 5.75 Å². The van der Waals surface area contributed by atoms with Crippen molar-refractivity contribution in [2.24, 2.45) is 0 Å². The molecule has 0 fully saturated rings. The molecule has 27 heavy (non-hydrogen) atoms. The highest BCUT2D eigenvalue weighted by molar-refractivity contribution is 7.89. The molecule has 9 heteroatoms. The molecule has 0 aliphatic carbocycles. The first kappa shape index (κ1) is 18.9. The van der Waals surface area contributed by atoms with E-state index < -0.39 is 15.9 Å². The molecule has 1 aliphatic heterocycles. The molecule has 2 amide bonds. The predicted molar refractivity (Wildman–Crippen MR) is 100 cm³/mol. The van der Waals surface area contributed by atoms with Gasteiger partial charge in [-0.2, -0.15) is 4.31 Å². The Morgan fingerprint density at radius 3 is 2.67 bits per heavy atom. The van der Waals surface area contributed by atoms with E-state index in [1.54, 1.807) is 31.2 Å². The van der Waals surface area contributed by atoms with Crippen LogP contribution in [0.3, 0.4) is 0 Å². The number of nitrogens with one attached hydrogen (secondary N) is 2. The third kappa shape index (κ3) is 4.09. The Morgan fingerprint density at radius 1 is 1.26 bits per heavy atom. The number of hydrogen-bond acceptors (Lipinski definition) is 5. The lowest BCUT2D eigenvalue weighted by molar-refractivity contribution is -0.118. The van der Waals surface area contributed by atoms with E-state index in [9.17, 15) is 18.0 Å². The predicted octanol–water partition coefficient (Wildman–Crippen LogP) is 1.59. The van der Waals surface area contributed by atoms with Gasteiger partial charge in [0.05, 0.1) is 17.1 Å². The summed E-state index contributed by atoms with van der Waals surface area (Å²) in [5.41, 5.74) is 1.45. The molecular weight excluding hydrogens is 370 g/mol. The number of rotatable bonds is 5. The topological polar surface area (TPSA) is 105 Å². The van der Waals surface area contributed by atoms with Gasteiger partial charge in [-0.25, -0.2) is 8.42 Å². The van der Waals surface area contributed by atoms with Crippen molar-refractivity contribution in [1.29, 1.82) is 0 Å². The molecule has 1 heterocycles. The molecule has 2 aromatic carbocycles. The number of likely N-dealkylation sites (N-methyl/N-ethyl adjacent to an activating group) is 1. The van der Waals surface area contributed by atoms with Crippen LogP contribution >= 0.6 is 0 Å². The van der Waals surface area contributed by atoms with Gasteiger partial charge >= 0.3 is 0 Å². The summed E-state index contributed by atoms with van der Waals surface area (Å²) >= 11 is 0. The second-order valence-electron chi connectivity index (χ2n) is 6.13. The molecule has 2 aromatic rings. The van der Waals surface area contributed by atoms with Crippen LogP contribution in [-0.2, 0) is 19.6 Å². The molecule has 1 aliphatic rings. The number of carbonyl (C=O) groups excluding carboxylic acids is 2. The Kier molecular flexibility index (Phi) is 5.15. The average molecular weight is 389 g/mol. The first-order valence-corrected chi connectivity index (χ1v) is 9.60. The summed E-state index contributed by atoms with van der Waals surface area (Å²) in [4.78, 5) is 23.6. The van der Waals surface area contributed by atoms with Gasteiger partial charge in [0.15, 0.2) is 6.61 Å². The van der Waals surface area contributed by atoms with Crippen LogP contribution in [0, 0.1) is 6.92 Å². The molecule has 0 unspecified atom stereocenters. The number of carbonyl (C=O) groups is 2. The van der Waals surface area contributed by atoms with E-state index in [2.05, 4.69) is 10.6 Å². The van der Waals surface area contributed by atoms with Crippen LogP contribution in [0.1, 0.15) is 5.56 Å². The highest BCUT2D eigenvalue weighted by Gasteiger charge is 2.28. The number of anilines is 2. The molecule has 3 rings (SSSR count). The van der Waals surface area contributed by atoms with E-state index >= 15 is 0 Å². The van der Waals surface area contributed by atoms with Crippen LogP contribution in [0.4, 0.5) is 11.4 Å². The number of para-hydroxylation sites is 1. The lowest BCUT2D eigenvalue weighted by Gasteiger charge is -2.22. The van der Waals surface area contributed by atoms with Crippen molar-refractivity contribution in [3.8, 4) is 5.75 Å². The van der Waals surface area contributed by atoms with Crippen molar-refractivity contribution in [3.05, 3.63) is 48.0 Å². The zero-order chi connectivity index (χ0) is 19.6. The normalized spacial score (nSPS) is 13.5. The highest BCUT2D eigenvalue weighted by atomic mass is 32.2. The summed E-state index contributed by atoms with van der Waals surface area (Å²) in [6.07, 6.45) is 0. The first-order chi connectivity index (χ1) is 12.8. The molecule has 142 valence electrons. The van der Waals surface area contributed by atoms with Crippen molar-refractivity contribution in [3.63, 3.8) is 0 Å². The van der Waals surface area contributed by atoms with Crippen molar-refractivity contribution in [1.82, 2.24) is 4.31 Å². The fourth-order valence-corrected chi connectivity index (χ4v) is 4.02. The minimum Gasteiger partial charge on any atom is -0.482 e. The Labute approximate surface area is 157 Å². The summed E-state index contributed by atoms with van der Waals surface area (Å²) in [5, 5.41) is 5.28. The van der Waals surface area contributed by atoms with Crippen molar-refractivity contribution >= 4 is 33.2 Å². The number of fused-ring (bicyclic) bond motifs is 1. The van der Waals surface area contributed by atoms with Gasteiger partial charge in [0.25, 0.3) is 5.91 Å². The Balaban J connectivity index is 1.79. The summed E-state index contributed by atoms with van der Waals surface area (Å²) in [6, 6.07) is 11.7. The Morgan fingerprint density at radius 2 is 1.96 bits per heavy atom. The molecule has 0 aromatic heterocycles.